The molecule has 0 aliphatic carbocycles. The van der Waals surface area contributed by atoms with Gasteiger partial charge in [0.15, 0.2) is 11.5 Å². The molecule has 30 heavy (non-hydrogen) atoms. The molecule has 0 saturated carbocycles. The Morgan fingerprint density at radius 3 is 2.57 bits per heavy atom. The number of carbonyl (C=O) groups excluding carboxylic acids is 2. The molecule has 8 nitrogen and oxygen atoms in total. The number of thioether (sulfide) groups is 1. The lowest BCUT2D eigenvalue weighted by atomic mass is 10.1. The maximum Gasteiger partial charge on any atom is 0.293 e. The summed E-state index contributed by atoms with van der Waals surface area (Å²) in [5, 5.41) is 10.6. The molecule has 1 aliphatic heterocycles. The van der Waals surface area contributed by atoms with Crippen LogP contribution >= 0.6 is 27.7 Å². The monoisotopic (exact) mass is 492 g/mol. The lowest BCUT2D eigenvalue weighted by molar-refractivity contribution is -0.384. The molecule has 0 aromatic heterocycles. The third kappa shape index (κ3) is 4.82. The fourth-order valence-corrected chi connectivity index (χ4v) is 3.91. The summed E-state index contributed by atoms with van der Waals surface area (Å²) in [7, 11) is 1.43. The van der Waals surface area contributed by atoms with Crippen molar-refractivity contribution in [1.82, 2.24) is 4.90 Å². The van der Waals surface area contributed by atoms with Gasteiger partial charge in [-0.3, -0.25) is 24.6 Å². The number of halogens is 1. The smallest absolute Gasteiger partial charge is 0.293 e. The summed E-state index contributed by atoms with van der Waals surface area (Å²) < 4.78 is 12.1. The minimum Gasteiger partial charge on any atom is -0.490 e. The van der Waals surface area contributed by atoms with Crippen molar-refractivity contribution in [2.75, 3.05) is 13.7 Å². The van der Waals surface area contributed by atoms with E-state index in [1.807, 2.05) is 6.92 Å². The molecule has 0 unspecified atom stereocenters. The van der Waals surface area contributed by atoms with Gasteiger partial charge < -0.3 is 9.47 Å². The maximum atomic E-state index is 12.1. The first kappa shape index (κ1) is 21.8. The first-order valence-electron chi connectivity index (χ1n) is 8.84. The quantitative estimate of drug-likeness (QED) is 0.304. The Kier molecular flexibility index (Phi) is 6.78. The summed E-state index contributed by atoms with van der Waals surface area (Å²) in [5.74, 6) is 0.532. The van der Waals surface area contributed by atoms with Crippen molar-refractivity contribution in [3.05, 3.63) is 67.0 Å². The van der Waals surface area contributed by atoms with Crippen LogP contribution < -0.4 is 9.47 Å². The van der Waals surface area contributed by atoms with E-state index in [0.29, 0.717) is 38.6 Å². The van der Waals surface area contributed by atoms with Crippen LogP contribution in [0.1, 0.15) is 18.1 Å². The zero-order chi connectivity index (χ0) is 21.8. The predicted molar refractivity (Wildman–Crippen MR) is 116 cm³/mol. The van der Waals surface area contributed by atoms with Crippen molar-refractivity contribution in [3.63, 3.8) is 0 Å². The second-order valence-electron chi connectivity index (χ2n) is 6.21. The molecule has 10 heteroatoms. The third-order valence-electron chi connectivity index (χ3n) is 4.15. The molecule has 2 aromatic carbocycles. The highest BCUT2D eigenvalue weighted by molar-refractivity contribution is 9.10. The summed E-state index contributed by atoms with van der Waals surface area (Å²) in [6.07, 6.45) is 1.62. The van der Waals surface area contributed by atoms with E-state index < -0.39 is 4.92 Å². The summed E-state index contributed by atoms with van der Waals surface area (Å²) in [4.78, 5) is 35.7. The number of ether oxygens (including phenoxy) is 2. The molecule has 3 rings (SSSR count). The van der Waals surface area contributed by atoms with E-state index in [-0.39, 0.29) is 23.4 Å². The average Bonchev–Trinajstić information content (AvgIpc) is 2.96. The number of nitrogens with zero attached hydrogens (tertiary/aromatic N) is 2. The normalized spacial score (nSPS) is 15.0. The number of likely N-dealkylation sites (N-methyl/N-ethyl adjacent to an activating group) is 1. The molecule has 0 radical (unpaired) electrons. The topological polar surface area (TPSA) is 99.0 Å². The Balaban J connectivity index is 1.86. The number of amides is 2. The van der Waals surface area contributed by atoms with Crippen molar-refractivity contribution in [2.24, 2.45) is 0 Å². The number of benzene rings is 2. The Labute approximate surface area is 185 Å². The van der Waals surface area contributed by atoms with Crippen molar-refractivity contribution in [2.45, 2.75) is 13.5 Å². The fourth-order valence-electron chi connectivity index (χ4n) is 2.65. The molecular weight excluding hydrogens is 476 g/mol. The van der Waals surface area contributed by atoms with Gasteiger partial charge in [0, 0.05) is 23.7 Å². The van der Waals surface area contributed by atoms with E-state index in [0.717, 1.165) is 16.7 Å². The maximum absolute atomic E-state index is 12.1. The number of hydrogen-bond donors (Lipinski definition) is 0. The number of rotatable bonds is 7. The fraction of sp³-hybridized carbons (Fsp3) is 0.200. The third-order valence-corrected chi connectivity index (χ3v) is 5.80. The Morgan fingerprint density at radius 2 is 1.93 bits per heavy atom. The second-order valence-corrected chi connectivity index (χ2v) is 8.06. The highest BCUT2D eigenvalue weighted by Crippen LogP contribution is 2.38. The van der Waals surface area contributed by atoms with E-state index in [4.69, 9.17) is 9.47 Å². The molecule has 1 fully saturated rings. The van der Waals surface area contributed by atoms with Crippen LogP contribution in [0.4, 0.5) is 10.5 Å². The van der Waals surface area contributed by atoms with E-state index in [2.05, 4.69) is 15.9 Å². The highest BCUT2D eigenvalue weighted by atomic mass is 79.9. The predicted octanol–water partition coefficient (Wildman–Crippen LogP) is 5.00. The number of hydrogen-bond acceptors (Lipinski definition) is 7. The van der Waals surface area contributed by atoms with E-state index in [1.54, 1.807) is 30.3 Å². The van der Waals surface area contributed by atoms with Crippen LogP contribution in [0.5, 0.6) is 11.5 Å². The van der Waals surface area contributed by atoms with Crippen molar-refractivity contribution in [3.8, 4) is 11.5 Å². The van der Waals surface area contributed by atoms with Gasteiger partial charge in [-0.05, 0) is 48.0 Å². The van der Waals surface area contributed by atoms with Crippen LogP contribution in [0.2, 0.25) is 0 Å². The van der Waals surface area contributed by atoms with Crippen molar-refractivity contribution < 1.29 is 24.0 Å². The van der Waals surface area contributed by atoms with Crippen molar-refractivity contribution in [1.29, 1.82) is 0 Å². The summed E-state index contributed by atoms with van der Waals surface area (Å²) in [6.45, 7) is 2.33. The molecule has 2 aromatic rings. The Morgan fingerprint density at radius 1 is 1.20 bits per heavy atom. The van der Waals surface area contributed by atoms with Gasteiger partial charge in [0.1, 0.15) is 6.61 Å². The number of carbonyl (C=O) groups is 2. The largest absolute Gasteiger partial charge is 0.490 e. The number of non-ortho nitro benzene ring substituents is 1. The van der Waals surface area contributed by atoms with Crippen LogP contribution in [0.3, 0.4) is 0 Å². The zero-order valence-electron chi connectivity index (χ0n) is 16.1. The lowest BCUT2D eigenvalue weighted by Gasteiger charge is -2.14. The minimum absolute atomic E-state index is 0.0115. The molecule has 0 spiro atoms. The Hall–Kier alpha value is -2.85. The van der Waals surface area contributed by atoms with Crippen LogP contribution in [0, 0.1) is 10.1 Å². The first-order chi connectivity index (χ1) is 14.3. The number of nitro groups is 1. The number of imide groups is 1. The van der Waals surface area contributed by atoms with Crippen LogP contribution in [-0.4, -0.2) is 34.6 Å². The highest BCUT2D eigenvalue weighted by Gasteiger charge is 2.32. The lowest BCUT2D eigenvalue weighted by Crippen LogP contribution is -2.22. The molecule has 1 saturated heterocycles. The molecule has 1 aliphatic rings. The van der Waals surface area contributed by atoms with Gasteiger partial charge in [0.25, 0.3) is 16.8 Å². The standard InChI is InChI=1S/C20H17BrN2O6S/c1-3-28-16-8-13(9-18-19(24)22(2)20(25)30-18)15(21)10-17(16)29-11-12-5-4-6-14(7-12)23(26)27/h4-10H,3,11H2,1-2H3/b18-9-. The van der Waals surface area contributed by atoms with Crippen LogP contribution in [0.15, 0.2) is 45.8 Å². The summed E-state index contributed by atoms with van der Waals surface area (Å²) in [5.41, 5.74) is 1.28. The van der Waals surface area contributed by atoms with Gasteiger partial charge in [0.2, 0.25) is 0 Å². The van der Waals surface area contributed by atoms with Gasteiger partial charge in [-0.15, -0.1) is 0 Å². The second kappa shape index (κ2) is 9.31. The SMILES string of the molecule is CCOc1cc(/C=C2\SC(=O)N(C)C2=O)c(Br)cc1OCc1cccc([N+](=O)[O-])c1. The molecule has 1 heterocycles. The molecule has 0 atom stereocenters. The van der Waals surface area contributed by atoms with Gasteiger partial charge in [-0.2, -0.15) is 0 Å². The molecule has 2 amide bonds. The van der Waals surface area contributed by atoms with Crippen molar-refractivity contribution >= 4 is 50.6 Å². The molecule has 156 valence electrons. The van der Waals surface area contributed by atoms with E-state index in [9.17, 15) is 19.7 Å². The van der Waals surface area contributed by atoms with Crippen LogP contribution in [-0.2, 0) is 11.4 Å². The number of nitro benzene ring substituents is 1. The Bertz CT molecular complexity index is 1060. The molecule has 0 N–H and O–H groups in total. The first-order valence-corrected chi connectivity index (χ1v) is 10.4. The summed E-state index contributed by atoms with van der Waals surface area (Å²) >= 11 is 4.33. The molecular formula is C20H17BrN2O6S. The van der Waals surface area contributed by atoms with Gasteiger partial charge >= 0.3 is 0 Å². The van der Waals surface area contributed by atoms with Crippen LogP contribution in [0.25, 0.3) is 6.08 Å². The molecule has 0 bridgehead atoms. The van der Waals surface area contributed by atoms with Gasteiger partial charge in [-0.1, -0.05) is 28.1 Å². The van der Waals surface area contributed by atoms with E-state index in [1.165, 1.54) is 19.2 Å². The zero-order valence-corrected chi connectivity index (χ0v) is 18.5. The van der Waals surface area contributed by atoms with E-state index >= 15 is 0 Å². The van der Waals surface area contributed by atoms with Gasteiger partial charge in [0.05, 0.1) is 16.4 Å². The minimum atomic E-state index is -0.460. The summed E-state index contributed by atoms with van der Waals surface area (Å²) in [6, 6.07) is 9.60. The average molecular weight is 493 g/mol. The van der Waals surface area contributed by atoms with Gasteiger partial charge in [-0.25, -0.2) is 0 Å².